The van der Waals surface area contributed by atoms with Crippen molar-refractivity contribution in [2.24, 2.45) is 0 Å². The van der Waals surface area contributed by atoms with E-state index in [0.717, 1.165) is 0 Å². The molecule has 0 heterocycles. The number of aliphatic hydroxyl groups is 1. The van der Waals surface area contributed by atoms with Crippen LogP contribution in [0.25, 0.3) is 0 Å². The van der Waals surface area contributed by atoms with E-state index in [9.17, 15) is 13.2 Å². The summed E-state index contributed by atoms with van der Waals surface area (Å²) in [6.07, 6.45) is 0.225. The SMILES string of the molecule is COC[C@@H](CCO)NS(=O)(=O)c1cccc(C(=O)OC)c1C. The predicted octanol–water partition coefficient (Wildman–Crippen LogP) is 0.457. The van der Waals surface area contributed by atoms with Crippen molar-refractivity contribution in [2.45, 2.75) is 24.3 Å². The Morgan fingerprint density at radius 2 is 2.05 bits per heavy atom. The Balaban J connectivity index is 3.14. The van der Waals surface area contributed by atoms with Crippen molar-refractivity contribution >= 4 is 16.0 Å². The first-order chi connectivity index (χ1) is 10.4. The number of aliphatic hydroxyl groups excluding tert-OH is 1. The zero-order chi connectivity index (χ0) is 16.8. The first-order valence-electron chi connectivity index (χ1n) is 6.67. The molecule has 0 saturated heterocycles. The molecule has 0 aliphatic heterocycles. The molecule has 0 aliphatic carbocycles. The number of benzene rings is 1. The van der Waals surface area contributed by atoms with Crippen molar-refractivity contribution < 1.29 is 27.8 Å². The highest BCUT2D eigenvalue weighted by Crippen LogP contribution is 2.20. The number of nitrogens with one attached hydrogen (secondary N) is 1. The molecule has 124 valence electrons. The van der Waals surface area contributed by atoms with E-state index in [-0.39, 0.29) is 30.1 Å². The molecule has 1 aromatic rings. The van der Waals surface area contributed by atoms with Gasteiger partial charge in [0.15, 0.2) is 0 Å². The summed E-state index contributed by atoms with van der Waals surface area (Å²) >= 11 is 0. The van der Waals surface area contributed by atoms with Gasteiger partial charge in [-0.3, -0.25) is 0 Å². The van der Waals surface area contributed by atoms with Crippen molar-refractivity contribution in [3.63, 3.8) is 0 Å². The van der Waals surface area contributed by atoms with Crippen LogP contribution in [-0.4, -0.2) is 53.0 Å². The Bertz CT molecular complexity index is 608. The summed E-state index contributed by atoms with van der Waals surface area (Å²) in [6.45, 7) is 1.51. The van der Waals surface area contributed by atoms with Crippen LogP contribution in [0.3, 0.4) is 0 Å². The topological polar surface area (TPSA) is 102 Å². The minimum absolute atomic E-state index is 0.00515. The lowest BCUT2D eigenvalue weighted by atomic mass is 10.1. The molecule has 0 aliphatic rings. The van der Waals surface area contributed by atoms with E-state index < -0.39 is 22.0 Å². The molecular weight excluding hydrogens is 310 g/mol. The van der Waals surface area contributed by atoms with Crippen LogP contribution in [0.4, 0.5) is 0 Å². The van der Waals surface area contributed by atoms with Gasteiger partial charge in [-0.1, -0.05) is 6.07 Å². The van der Waals surface area contributed by atoms with Crippen LogP contribution in [0.15, 0.2) is 23.1 Å². The lowest BCUT2D eigenvalue weighted by molar-refractivity contribution is 0.0599. The molecule has 0 unspecified atom stereocenters. The molecule has 1 rings (SSSR count). The van der Waals surface area contributed by atoms with Gasteiger partial charge in [-0.05, 0) is 31.0 Å². The van der Waals surface area contributed by atoms with E-state index in [2.05, 4.69) is 9.46 Å². The van der Waals surface area contributed by atoms with Gasteiger partial charge in [0.05, 0.1) is 24.2 Å². The standard InChI is InChI=1S/C14H21NO6S/c1-10-12(14(17)21-3)5-4-6-13(10)22(18,19)15-11(7-8-16)9-20-2/h4-6,11,15-16H,7-9H2,1-3H3/t11-/m1/s1. The number of carbonyl (C=O) groups excluding carboxylic acids is 1. The monoisotopic (exact) mass is 331 g/mol. The maximum absolute atomic E-state index is 12.5. The highest BCUT2D eigenvalue weighted by Gasteiger charge is 2.24. The fraction of sp³-hybridized carbons (Fsp3) is 0.500. The van der Waals surface area contributed by atoms with E-state index in [1.165, 1.54) is 39.3 Å². The first-order valence-corrected chi connectivity index (χ1v) is 8.15. The van der Waals surface area contributed by atoms with Crippen LogP contribution in [0.1, 0.15) is 22.3 Å². The van der Waals surface area contributed by atoms with E-state index in [1.54, 1.807) is 0 Å². The van der Waals surface area contributed by atoms with Gasteiger partial charge >= 0.3 is 5.97 Å². The molecule has 22 heavy (non-hydrogen) atoms. The average Bonchev–Trinajstić information content (AvgIpc) is 2.46. The largest absolute Gasteiger partial charge is 0.465 e. The van der Waals surface area contributed by atoms with Crippen LogP contribution in [0.5, 0.6) is 0 Å². The fourth-order valence-electron chi connectivity index (χ4n) is 2.05. The summed E-state index contributed by atoms with van der Waals surface area (Å²) < 4.78 is 37.0. The Kier molecular flexibility index (Phi) is 6.95. The molecule has 0 spiro atoms. The van der Waals surface area contributed by atoms with Gasteiger partial charge in [0.2, 0.25) is 10.0 Å². The third-order valence-corrected chi connectivity index (χ3v) is 4.81. The Labute approximate surface area is 130 Å². The Morgan fingerprint density at radius 1 is 1.36 bits per heavy atom. The van der Waals surface area contributed by atoms with Crippen molar-refractivity contribution in [3.8, 4) is 0 Å². The average molecular weight is 331 g/mol. The highest BCUT2D eigenvalue weighted by molar-refractivity contribution is 7.89. The Hall–Kier alpha value is -1.48. The molecule has 7 nitrogen and oxygen atoms in total. The van der Waals surface area contributed by atoms with Crippen molar-refractivity contribution in [2.75, 3.05) is 27.4 Å². The van der Waals surface area contributed by atoms with Crippen LogP contribution >= 0.6 is 0 Å². The molecule has 1 atom stereocenters. The van der Waals surface area contributed by atoms with Crippen LogP contribution in [0.2, 0.25) is 0 Å². The maximum Gasteiger partial charge on any atom is 0.338 e. The third kappa shape index (κ3) is 4.51. The number of rotatable bonds is 8. The van der Waals surface area contributed by atoms with Gasteiger partial charge in [0, 0.05) is 19.8 Å². The zero-order valence-corrected chi connectivity index (χ0v) is 13.6. The van der Waals surface area contributed by atoms with E-state index in [4.69, 9.17) is 9.84 Å². The Morgan fingerprint density at radius 3 is 2.59 bits per heavy atom. The number of ether oxygens (including phenoxy) is 2. The highest BCUT2D eigenvalue weighted by atomic mass is 32.2. The molecule has 1 aromatic carbocycles. The number of carbonyl (C=O) groups is 1. The molecule has 0 radical (unpaired) electrons. The summed E-state index contributed by atoms with van der Waals surface area (Å²) in [5, 5.41) is 8.98. The van der Waals surface area contributed by atoms with Crippen LogP contribution in [-0.2, 0) is 19.5 Å². The summed E-state index contributed by atoms with van der Waals surface area (Å²) in [7, 11) is -1.17. The quantitative estimate of drug-likeness (QED) is 0.671. The molecule has 0 fully saturated rings. The lowest BCUT2D eigenvalue weighted by Crippen LogP contribution is -2.39. The smallest absolute Gasteiger partial charge is 0.338 e. The van der Waals surface area contributed by atoms with Gasteiger partial charge in [-0.25, -0.2) is 17.9 Å². The number of hydrogen-bond donors (Lipinski definition) is 2. The van der Waals surface area contributed by atoms with Crippen molar-refractivity contribution in [1.29, 1.82) is 0 Å². The molecule has 0 amide bonds. The molecule has 8 heteroatoms. The van der Waals surface area contributed by atoms with Gasteiger partial charge in [-0.15, -0.1) is 0 Å². The zero-order valence-electron chi connectivity index (χ0n) is 12.8. The predicted molar refractivity (Wildman–Crippen MR) is 80.2 cm³/mol. The minimum Gasteiger partial charge on any atom is -0.465 e. The van der Waals surface area contributed by atoms with Gasteiger partial charge in [0.1, 0.15) is 0 Å². The summed E-state index contributed by atoms with van der Waals surface area (Å²) in [5.74, 6) is -0.599. The van der Waals surface area contributed by atoms with Crippen LogP contribution in [0, 0.1) is 6.92 Å². The van der Waals surface area contributed by atoms with E-state index >= 15 is 0 Å². The lowest BCUT2D eigenvalue weighted by Gasteiger charge is -2.18. The number of hydrogen-bond acceptors (Lipinski definition) is 6. The molecule has 2 N–H and O–H groups in total. The second-order valence-corrected chi connectivity index (χ2v) is 6.39. The normalized spacial score (nSPS) is 12.9. The fourth-order valence-corrected chi connectivity index (χ4v) is 3.58. The summed E-state index contributed by atoms with van der Waals surface area (Å²) in [6, 6.07) is 3.83. The summed E-state index contributed by atoms with van der Waals surface area (Å²) in [4.78, 5) is 11.6. The van der Waals surface area contributed by atoms with E-state index in [1.807, 2.05) is 0 Å². The number of esters is 1. The third-order valence-electron chi connectivity index (χ3n) is 3.15. The number of sulfonamides is 1. The number of methoxy groups -OCH3 is 2. The molecule has 0 saturated carbocycles. The van der Waals surface area contributed by atoms with Crippen LogP contribution < -0.4 is 4.72 Å². The minimum atomic E-state index is -3.85. The summed E-state index contributed by atoms with van der Waals surface area (Å²) in [5.41, 5.74) is 0.498. The molecule has 0 bridgehead atoms. The van der Waals surface area contributed by atoms with E-state index in [0.29, 0.717) is 5.56 Å². The second kappa shape index (κ2) is 8.23. The van der Waals surface area contributed by atoms with Gasteiger partial charge in [-0.2, -0.15) is 0 Å². The second-order valence-electron chi connectivity index (χ2n) is 4.71. The van der Waals surface area contributed by atoms with Gasteiger partial charge < -0.3 is 14.6 Å². The molecular formula is C14H21NO6S. The first kappa shape index (κ1) is 18.6. The van der Waals surface area contributed by atoms with Crippen molar-refractivity contribution in [1.82, 2.24) is 4.72 Å². The molecule has 0 aromatic heterocycles. The van der Waals surface area contributed by atoms with Gasteiger partial charge in [0.25, 0.3) is 0 Å². The maximum atomic E-state index is 12.5. The van der Waals surface area contributed by atoms with Crippen molar-refractivity contribution in [3.05, 3.63) is 29.3 Å².